The van der Waals surface area contributed by atoms with Gasteiger partial charge in [0.2, 0.25) is 12.7 Å². The molecule has 2 aliphatic rings. The first kappa shape index (κ1) is 12.9. The van der Waals surface area contributed by atoms with Gasteiger partial charge in [-0.25, -0.2) is 9.37 Å². The van der Waals surface area contributed by atoms with E-state index >= 15 is 0 Å². The van der Waals surface area contributed by atoms with E-state index in [1.165, 1.54) is 13.8 Å². The molecule has 0 radical (unpaired) electrons. The summed E-state index contributed by atoms with van der Waals surface area (Å²) in [5.74, 6) is 0.194. The molecule has 2 heterocycles. The molecule has 0 saturated carbocycles. The zero-order valence-electron chi connectivity index (χ0n) is 11.5. The third kappa shape index (κ3) is 1.67. The van der Waals surface area contributed by atoms with E-state index in [1.807, 2.05) is 0 Å². The van der Waals surface area contributed by atoms with Gasteiger partial charge in [-0.2, -0.15) is 0 Å². The van der Waals surface area contributed by atoms with Crippen molar-refractivity contribution in [3.05, 3.63) is 22.4 Å². The van der Waals surface area contributed by atoms with E-state index in [0.29, 0.717) is 23.3 Å². The normalized spacial score (nSPS) is 16.6. The van der Waals surface area contributed by atoms with E-state index in [-0.39, 0.29) is 18.4 Å². The van der Waals surface area contributed by atoms with E-state index in [9.17, 15) is 9.18 Å². The highest BCUT2D eigenvalue weighted by Crippen LogP contribution is 2.48. The molecule has 20 heavy (non-hydrogen) atoms. The minimum atomic E-state index is -1.71. The lowest BCUT2D eigenvalue weighted by Gasteiger charge is -2.19. The van der Waals surface area contributed by atoms with E-state index in [2.05, 4.69) is 4.98 Å². The lowest BCUT2D eigenvalue weighted by atomic mass is 9.94. The predicted octanol–water partition coefficient (Wildman–Crippen LogP) is 1.83. The number of amides is 1. The molecule has 0 bridgehead atoms. The smallest absolute Gasteiger partial charge is 0.260 e. The molecule has 106 valence electrons. The number of ether oxygens (including phenoxy) is 2. The Balaban J connectivity index is 2.34. The number of carbonyl (C=O) groups is 1. The van der Waals surface area contributed by atoms with Crippen molar-refractivity contribution in [2.24, 2.45) is 5.73 Å². The zero-order chi connectivity index (χ0) is 14.7. The van der Waals surface area contributed by atoms with Crippen molar-refractivity contribution in [1.29, 1.82) is 0 Å². The van der Waals surface area contributed by atoms with Gasteiger partial charge in [0.1, 0.15) is 5.67 Å². The topological polar surface area (TPSA) is 74.4 Å². The third-order valence-electron chi connectivity index (χ3n) is 3.55. The van der Waals surface area contributed by atoms with Gasteiger partial charge < -0.3 is 15.2 Å². The SMILES string of the molecule is CC1=C(C(N)=O)c2c(C(C)(C)F)nc3c(c2C1)OCO3. The van der Waals surface area contributed by atoms with Crippen LogP contribution in [0.25, 0.3) is 5.57 Å². The van der Waals surface area contributed by atoms with Crippen molar-refractivity contribution in [2.45, 2.75) is 32.9 Å². The van der Waals surface area contributed by atoms with Crippen LogP contribution < -0.4 is 15.2 Å². The lowest BCUT2D eigenvalue weighted by Crippen LogP contribution is -2.20. The number of rotatable bonds is 2. The molecule has 6 heteroatoms. The summed E-state index contributed by atoms with van der Waals surface area (Å²) in [6.07, 6.45) is 0.491. The maximum absolute atomic E-state index is 14.5. The Bertz CT molecular complexity index is 659. The first-order valence-electron chi connectivity index (χ1n) is 6.32. The summed E-state index contributed by atoms with van der Waals surface area (Å²) in [7, 11) is 0. The number of primary amides is 1. The number of nitrogens with two attached hydrogens (primary N) is 1. The second-order valence-corrected chi connectivity index (χ2v) is 5.52. The van der Waals surface area contributed by atoms with Crippen LogP contribution in [-0.4, -0.2) is 17.7 Å². The molecule has 1 aromatic rings. The van der Waals surface area contributed by atoms with Crippen molar-refractivity contribution < 1.29 is 18.7 Å². The number of allylic oxidation sites excluding steroid dienone is 1. The number of fused-ring (bicyclic) bond motifs is 3. The summed E-state index contributed by atoms with van der Waals surface area (Å²) in [5.41, 5.74) is 6.23. The maximum atomic E-state index is 14.5. The molecular weight excluding hydrogens is 263 g/mol. The summed E-state index contributed by atoms with van der Waals surface area (Å²) < 4.78 is 25.1. The van der Waals surface area contributed by atoms with Gasteiger partial charge in [-0.3, -0.25) is 4.79 Å². The van der Waals surface area contributed by atoms with Gasteiger partial charge in [-0.1, -0.05) is 5.57 Å². The summed E-state index contributed by atoms with van der Waals surface area (Å²) in [4.78, 5) is 15.9. The number of hydrogen-bond acceptors (Lipinski definition) is 4. The molecule has 0 fully saturated rings. The molecule has 1 aromatic heterocycles. The first-order chi connectivity index (χ1) is 9.30. The van der Waals surface area contributed by atoms with Crippen molar-refractivity contribution in [2.75, 3.05) is 6.79 Å². The monoisotopic (exact) mass is 278 g/mol. The standard InChI is InChI=1S/C14H15FN2O3/c1-6-4-7-9(8(6)12(16)18)11(14(2,3)15)17-13-10(7)19-5-20-13/h4-5H2,1-3H3,(H2,16,18). The fourth-order valence-electron chi connectivity index (χ4n) is 2.75. The Morgan fingerprint density at radius 1 is 1.40 bits per heavy atom. The predicted molar refractivity (Wildman–Crippen MR) is 70.0 cm³/mol. The number of hydrogen-bond donors (Lipinski definition) is 1. The lowest BCUT2D eigenvalue weighted by molar-refractivity contribution is -0.112. The third-order valence-corrected chi connectivity index (χ3v) is 3.55. The quantitative estimate of drug-likeness (QED) is 0.895. The molecule has 2 N–H and O–H groups in total. The van der Waals surface area contributed by atoms with Crippen LogP contribution in [0, 0.1) is 0 Å². The highest BCUT2D eigenvalue weighted by atomic mass is 19.1. The highest BCUT2D eigenvalue weighted by Gasteiger charge is 2.38. The van der Waals surface area contributed by atoms with Crippen LogP contribution in [0.2, 0.25) is 0 Å². The molecule has 0 aromatic carbocycles. The largest absolute Gasteiger partial charge is 0.451 e. The van der Waals surface area contributed by atoms with Crippen LogP contribution in [0.3, 0.4) is 0 Å². The molecule has 0 saturated heterocycles. The van der Waals surface area contributed by atoms with E-state index < -0.39 is 11.6 Å². The number of nitrogens with zero attached hydrogens (tertiary/aromatic N) is 1. The molecular formula is C14H15FN2O3. The number of halogens is 1. The first-order valence-corrected chi connectivity index (χ1v) is 6.32. The van der Waals surface area contributed by atoms with Crippen LogP contribution in [-0.2, 0) is 16.9 Å². The molecule has 5 nitrogen and oxygen atoms in total. The van der Waals surface area contributed by atoms with Gasteiger partial charge in [0, 0.05) is 16.7 Å². The van der Waals surface area contributed by atoms with Crippen molar-refractivity contribution in [3.8, 4) is 11.6 Å². The maximum Gasteiger partial charge on any atom is 0.260 e. The molecule has 3 rings (SSSR count). The van der Waals surface area contributed by atoms with Gasteiger partial charge in [-0.05, 0) is 27.2 Å². The second kappa shape index (κ2) is 3.94. The number of carbonyl (C=O) groups excluding carboxylic acids is 1. The van der Waals surface area contributed by atoms with E-state index in [1.54, 1.807) is 6.92 Å². The molecule has 0 atom stereocenters. The number of alkyl halides is 1. The van der Waals surface area contributed by atoms with Crippen LogP contribution in [0.15, 0.2) is 5.57 Å². The minimum Gasteiger partial charge on any atom is -0.451 e. The fraction of sp³-hybridized carbons (Fsp3) is 0.429. The van der Waals surface area contributed by atoms with Crippen molar-refractivity contribution in [3.63, 3.8) is 0 Å². The van der Waals surface area contributed by atoms with Gasteiger partial charge in [0.05, 0.1) is 5.69 Å². The Morgan fingerprint density at radius 3 is 2.70 bits per heavy atom. The molecule has 0 spiro atoms. The van der Waals surface area contributed by atoms with Crippen molar-refractivity contribution >= 4 is 11.5 Å². The van der Waals surface area contributed by atoms with Crippen LogP contribution in [0.1, 0.15) is 37.6 Å². The summed E-state index contributed by atoms with van der Waals surface area (Å²) in [6, 6.07) is 0. The highest BCUT2D eigenvalue weighted by molar-refractivity contribution is 6.22. The summed E-state index contributed by atoms with van der Waals surface area (Å²) in [5, 5.41) is 0. The molecule has 1 aliphatic carbocycles. The fourth-order valence-corrected chi connectivity index (χ4v) is 2.75. The Hall–Kier alpha value is -2.11. The molecule has 1 aliphatic heterocycles. The van der Waals surface area contributed by atoms with Gasteiger partial charge in [0.15, 0.2) is 5.75 Å². The van der Waals surface area contributed by atoms with Crippen molar-refractivity contribution in [1.82, 2.24) is 4.98 Å². The second-order valence-electron chi connectivity index (χ2n) is 5.52. The van der Waals surface area contributed by atoms with Crippen LogP contribution >= 0.6 is 0 Å². The number of pyridine rings is 1. The Morgan fingerprint density at radius 2 is 2.10 bits per heavy atom. The van der Waals surface area contributed by atoms with Crippen LogP contribution in [0.4, 0.5) is 4.39 Å². The Labute approximate surface area is 115 Å². The average molecular weight is 278 g/mol. The average Bonchev–Trinajstić information content (AvgIpc) is 2.88. The summed E-state index contributed by atoms with van der Waals surface area (Å²) >= 11 is 0. The zero-order valence-corrected chi connectivity index (χ0v) is 11.5. The number of aromatic nitrogens is 1. The summed E-state index contributed by atoms with van der Waals surface area (Å²) in [6.45, 7) is 4.64. The van der Waals surface area contributed by atoms with E-state index in [4.69, 9.17) is 15.2 Å². The van der Waals surface area contributed by atoms with Crippen LogP contribution in [0.5, 0.6) is 11.6 Å². The molecule has 0 unspecified atom stereocenters. The van der Waals surface area contributed by atoms with Gasteiger partial charge in [-0.15, -0.1) is 0 Å². The molecule has 1 amide bonds. The Kier molecular flexibility index (Phi) is 2.54. The minimum absolute atomic E-state index is 0.0515. The van der Waals surface area contributed by atoms with E-state index in [0.717, 1.165) is 11.1 Å². The van der Waals surface area contributed by atoms with Gasteiger partial charge >= 0.3 is 0 Å². The van der Waals surface area contributed by atoms with Gasteiger partial charge in [0.25, 0.3) is 5.88 Å².